The zero-order valence-corrected chi connectivity index (χ0v) is 20.0. The molecule has 0 spiro atoms. The number of aromatic nitrogens is 2. The first-order valence-corrected chi connectivity index (χ1v) is 11.8. The van der Waals surface area contributed by atoms with E-state index in [2.05, 4.69) is 14.9 Å². The van der Waals surface area contributed by atoms with Crippen LogP contribution in [-0.4, -0.2) is 35.4 Å². The van der Waals surface area contributed by atoms with Crippen molar-refractivity contribution in [3.63, 3.8) is 0 Å². The molecule has 35 heavy (non-hydrogen) atoms. The number of hydrogen-bond donors (Lipinski definition) is 1. The van der Waals surface area contributed by atoms with Gasteiger partial charge in [0.2, 0.25) is 12.7 Å². The van der Waals surface area contributed by atoms with E-state index in [4.69, 9.17) is 14.2 Å². The molecule has 0 saturated carbocycles. The molecule has 0 saturated heterocycles. The van der Waals surface area contributed by atoms with Gasteiger partial charge >= 0.3 is 0 Å². The Hall–Kier alpha value is -4.00. The number of aryl methyl sites for hydroxylation is 2. The molecule has 1 aliphatic rings. The van der Waals surface area contributed by atoms with Crippen LogP contribution in [-0.2, 0) is 24.2 Å². The fraction of sp³-hybridized carbons (Fsp3) is 0.286. The molecule has 1 N–H and O–H groups in total. The third-order valence-electron chi connectivity index (χ3n) is 6.33. The molecule has 3 aromatic carbocycles. The van der Waals surface area contributed by atoms with Crippen LogP contribution in [0.4, 0.5) is 0 Å². The normalized spacial score (nSPS) is 13.1. The van der Waals surface area contributed by atoms with Gasteiger partial charge in [-0.15, -0.1) is 0 Å². The Bertz CT molecular complexity index is 1330. The second-order valence-electron chi connectivity index (χ2n) is 8.76. The Kier molecular flexibility index (Phi) is 6.57. The maximum Gasteiger partial charge on any atom is 0.231 e. The maximum atomic E-state index is 13.1. The summed E-state index contributed by atoms with van der Waals surface area (Å²) in [7, 11) is 1.66. The van der Waals surface area contributed by atoms with Crippen LogP contribution >= 0.6 is 0 Å². The number of hydrogen-bond acceptors (Lipinski definition) is 5. The van der Waals surface area contributed by atoms with Crippen LogP contribution in [0.5, 0.6) is 17.2 Å². The van der Waals surface area contributed by atoms with Crippen molar-refractivity contribution in [2.24, 2.45) is 0 Å². The van der Waals surface area contributed by atoms with Gasteiger partial charge in [0.05, 0.1) is 18.1 Å². The summed E-state index contributed by atoms with van der Waals surface area (Å²) in [6.45, 7) is 2.80. The summed E-state index contributed by atoms with van der Waals surface area (Å²) in [4.78, 5) is 17.7. The fourth-order valence-corrected chi connectivity index (χ4v) is 4.56. The van der Waals surface area contributed by atoms with Crippen molar-refractivity contribution in [3.8, 4) is 17.2 Å². The van der Waals surface area contributed by atoms with Gasteiger partial charge in [-0.3, -0.25) is 4.79 Å². The highest BCUT2D eigenvalue weighted by Crippen LogP contribution is 2.33. The van der Waals surface area contributed by atoms with Gasteiger partial charge in [-0.2, -0.15) is 0 Å². The Morgan fingerprint density at radius 3 is 2.60 bits per heavy atom. The topological polar surface area (TPSA) is 74.6 Å². The zero-order valence-electron chi connectivity index (χ0n) is 20.0. The molecule has 2 heterocycles. The highest BCUT2D eigenvalue weighted by molar-refractivity contribution is 5.78. The molecule has 180 valence electrons. The van der Waals surface area contributed by atoms with Crippen LogP contribution in [0, 0.1) is 6.92 Å². The number of methoxy groups -OCH3 is 1. The largest absolute Gasteiger partial charge is 0.497 e. The summed E-state index contributed by atoms with van der Waals surface area (Å²) < 4.78 is 18.4. The summed E-state index contributed by atoms with van der Waals surface area (Å²) in [5, 5.41) is 3.26. The van der Waals surface area contributed by atoms with Gasteiger partial charge in [-0.05, 0) is 67.3 Å². The molecule has 1 aromatic heterocycles. The lowest BCUT2D eigenvalue weighted by Gasteiger charge is -2.20. The molecule has 0 unspecified atom stereocenters. The maximum absolute atomic E-state index is 13.1. The number of carbonyl (C=O) groups is 1. The monoisotopic (exact) mass is 471 g/mol. The first kappa shape index (κ1) is 22.8. The Morgan fingerprint density at radius 1 is 1.03 bits per heavy atom. The number of rotatable bonds is 9. The number of imidazole rings is 1. The lowest BCUT2D eigenvalue weighted by Crippen LogP contribution is -2.38. The van der Waals surface area contributed by atoms with E-state index in [0.717, 1.165) is 45.2 Å². The molecule has 1 amide bonds. The second kappa shape index (κ2) is 10.1. The van der Waals surface area contributed by atoms with Gasteiger partial charge in [0.15, 0.2) is 11.5 Å². The van der Waals surface area contributed by atoms with Crippen LogP contribution in [0.25, 0.3) is 11.0 Å². The molecule has 0 aliphatic carbocycles. The minimum absolute atomic E-state index is 0.0152. The molecule has 1 atom stereocenters. The van der Waals surface area contributed by atoms with E-state index < -0.39 is 0 Å². The summed E-state index contributed by atoms with van der Waals surface area (Å²) >= 11 is 0. The molecular formula is C28H29N3O4. The summed E-state index contributed by atoms with van der Waals surface area (Å²) in [6, 6.07) is 21.9. The van der Waals surface area contributed by atoms with Crippen molar-refractivity contribution in [2.75, 3.05) is 13.9 Å². The minimum Gasteiger partial charge on any atom is -0.497 e. The number of ether oxygens (including phenoxy) is 3. The van der Waals surface area contributed by atoms with E-state index in [1.807, 2.05) is 73.7 Å². The summed E-state index contributed by atoms with van der Waals surface area (Å²) in [5.74, 6) is 3.25. The molecule has 7 heteroatoms. The highest BCUT2D eigenvalue weighted by Gasteiger charge is 2.18. The Labute approximate surface area is 204 Å². The van der Waals surface area contributed by atoms with E-state index in [9.17, 15) is 4.79 Å². The fourth-order valence-electron chi connectivity index (χ4n) is 4.56. The van der Waals surface area contributed by atoms with Crippen molar-refractivity contribution in [1.82, 2.24) is 14.9 Å². The quantitative estimate of drug-likeness (QED) is 0.391. The van der Waals surface area contributed by atoms with Crippen molar-refractivity contribution in [1.29, 1.82) is 0 Å². The van der Waals surface area contributed by atoms with E-state index in [1.54, 1.807) is 7.11 Å². The van der Waals surface area contributed by atoms with Crippen LogP contribution < -0.4 is 19.5 Å². The second-order valence-corrected chi connectivity index (χ2v) is 8.76. The first-order chi connectivity index (χ1) is 17.1. The van der Waals surface area contributed by atoms with Gasteiger partial charge < -0.3 is 24.1 Å². The van der Waals surface area contributed by atoms with Crippen LogP contribution in [0.3, 0.4) is 0 Å². The minimum atomic E-state index is -0.0723. The molecule has 7 nitrogen and oxygen atoms in total. The standard InChI is InChI=1S/C28H29N3O4/c1-19-29-24-5-3-4-6-25(24)31(19)14-13-28(32)30-22(15-20-7-10-23(33-2)11-8-20)16-21-9-12-26-27(17-21)35-18-34-26/h3-12,17,22H,13-16,18H2,1-2H3,(H,30,32)/t22-/m0/s1. The SMILES string of the molecule is COc1ccc(C[C@@H](Cc2ccc3c(c2)OCO3)NC(=O)CCn2c(C)nc3ccccc32)cc1. The van der Waals surface area contributed by atoms with Gasteiger partial charge in [-0.25, -0.2) is 4.98 Å². The zero-order chi connectivity index (χ0) is 24.2. The number of para-hydroxylation sites is 2. The number of nitrogens with zero attached hydrogens (tertiary/aromatic N) is 2. The number of nitrogens with one attached hydrogen (secondary N) is 1. The van der Waals surface area contributed by atoms with Crippen molar-refractivity contribution in [3.05, 3.63) is 83.7 Å². The van der Waals surface area contributed by atoms with E-state index in [1.165, 1.54) is 0 Å². The molecule has 5 rings (SSSR count). The third kappa shape index (κ3) is 5.24. The molecule has 0 bridgehead atoms. The Balaban J connectivity index is 1.29. The molecule has 4 aromatic rings. The summed E-state index contributed by atoms with van der Waals surface area (Å²) in [6.07, 6.45) is 1.76. The van der Waals surface area contributed by atoms with E-state index >= 15 is 0 Å². The Morgan fingerprint density at radius 2 is 1.77 bits per heavy atom. The third-order valence-corrected chi connectivity index (χ3v) is 6.33. The lowest BCUT2D eigenvalue weighted by molar-refractivity contribution is -0.122. The average molecular weight is 472 g/mol. The van der Waals surface area contributed by atoms with Crippen LogP contribution in [0.15, 0.2) is 66.7 Å². The molecule has 1 aliphatic heterocycles. The van der Waals surface area contributed by atoms with Crippen molar-refractivity contribution < 1.29 is 19.0 Å². The van der Waals surface area contributed by atoms with E-state index in [0.29, 0.717) is 25.8 Å². The van der Waals surface area contributed by atoms with Crippen molar-refractivity contribution in [2.45, 2.75) is 38.8 Å². The number of fused-ring (bicyclic) bond motifs is 2. The summed E-state index contributed by atoms with van der Waals surface area (Å²) in [5.41, 5.74) is 4.22. The van der Waals surface area contributed by atoms with Crippen LogP contribution in [0.1, 0.15) is 23.4 Å². The lowest BCUT2D eigenvalue weighted by atomic mass is 9.98. The predicted molar refractivity (Wildman–Crippen MR) is 134 cm³/mol. The van der Waals surface area contributed by atoms with Gasteiger partial charge in [0, 0.05) is 19.0 Å². The van der Waals surface area contributed by atoms with Gasteiger partial charge in [0.1, 0.15) is 11.6 Å². The number of carbonyl (C=O) groups excluding carboxylic acids is 1. The number of benzene rings is 3. The highest BCUT2D eigenvalue weighted by atomic mass is 16.7. The van der Waals surface area contributed by atoms with Crippen LogP contribution in [0.2, 0.25) is 0 Å². The molecule has 0 radical (unpaired) electrons. The van der Waals surface area contributed by atoms with Gasteiger partial charge in [-0.1, -0.05) is 30.3 Å². The molecule has 0 fully saturated rings. The van der Waals surface area contributed by atoms with Gasteiger partial charge in [0.25, 0.3) is 0 Å². The first-order valence-electron chi connectivity index (χ1n) is 11.8. The van der Waals surface area contributed by atoms with E-state index in [-0.39, 0.29) is 18.7 Å². The smallest absolute Gasteiger partial charge is 0.231 e. The average Bonchev–Trinajstić information content (AvgIpc) is 3.46. The predicted octanol–water partition coefficient (Wildman–Crippen LogP) is 4.44. The number of amides is 1. The van der Waals surface area contributed by atoms with Crippen molar-refractivity contribution >= 4 is 16.9 Å². The molecular weight excluding hydrogens is 442 g/mol.